The lowest BCUT2D eigenvalue weighted by Gasteiger charge is -2.30. The second-order valence-electron chi connectivity index (χ2n) is 4.36. The molecule has 6 nitrogen and oxygen atoms in total. The van der Waals surface area contributed by atoms with Crippen molar-refractivity contribution in [3.05, 3.63) is 0 Å². The Bertz CT molecular complexity index is 260. The van der Waals surface area contributed by atoms with Crippen molar-refractivity contribution in [2.75, 3.05) is 26.7 Å². The number of aliphatic hydroxyl groups is 1. The van der Waals surface area contributed by atoms with Crippen LogP contribution < -0.4 is 0 Å². The van der Waals surface area contributed by atoms with E-state index >= 15 is 0 Å². The molecule has 0 rings (SSSR count). The Labute approximate surface area is 95.5 Å². The molecule has 0 aromatic heterocycles. The quantitative estimate of drug-likeness (QED) is 0.710. The number of amides is 2. The van der Waals surface area contributed by atoms with Crippen LogP contribution in [-0.4, -0.2) is 64.3 Å². The van der Waals surface area contributed by atoms with Crippen molar-refractivity contribution in [1.82, 2.24) is 9.80 Å². The number of urea groups is 1. The van der Waals surface area contributed by atoms with Crippen LogP contribution in [0.5, 0.6) is 0 Å². The Kier molecular flexibility index (Phi) is 5.23. The predicted octanol–water partition coefficient (Wildman–Crippen LogP) is 0.216. The van der Waals surface area contributed by atoms with Crippen molar-refractivity contribution in [1.29, 1.82) is 0 Å². The molecular weight excluding hydrogens is 212 g/mol. The second kappa shape index (κ2) is 5.69. The molecule has 0 unspecified atom stereocenters. The summed E-state index contributed by atoms with van der Waals surface area (Å²) in [6.45, 7) is 5.03. The maximum atomic E-state index is 11.8. The van der Waals surface area contributed by atoms with E-state index in [1.54, 1.807) is 20.8 Å². The van der Waals surface area contributed by atoms with Gasteiger partial charge in [-0.25, -0.2) is 4.79 Å². The molecule has 0 fully saturated rings. The fourth-order valence-electron chi connectivity index (χ4n) is 1.37. The van der Waals surface area contributed by atoms with E-state index in [2.05, 4.69) is 0 Å². The number of nitrogens with zero attached hydrogens (tertiary/aromatic N) is 2. The number of carbonyl (C=O) groups excluding carboxylic acids is 1. The van der Waals surface area contributed by atoms with Crippen LogP contribution in [0.3, 0.4) is 0 Å². The van der Waals surface area contributed by atoms with E-state index in [4.69, 9.17) is 5.11 Å². The molecule has 2 N–H and O–H groups in total. The van der Waals surface area contributed by atoms with E-state index in [0.29, 0.717) is 6.54 Å². The highest BCUT2D eigenvalue weighted by Gasteiger charge is 2.23. The van der Waals surface area contributed by atoms with Gasteiger partial charge in [0.15, 0.2) is 0 Å². The Morgan fingerprint density at radius 2 is 1.81 bits per heavy atom. The van der Waals surface area contributed by atoms with Gasteiger partial charge in [0.1, 0.15) is 6.54 Å². The van der Waals surface area contributed by atoms with E-state index in [1.807, 2.05) is 0 Å². The third kappa shape index (κ3) is 5.55. The zero-order valence-corrected chi connectivity index (χ0v) is 10.2. The molecule has 0 aliphatic rings. The fraction of sp³-hybridized carbons (Fsp3) is 0.800. The summed E-state index contributed by atoms with van der Waals surface area (Å²) in [6, 6.07) is -0.396. The van der Waals surface area contributed by atoms with Gasteiger partial charge in [-0.15, -0.1) is 0 Å². The van der Waals surface area contributed by atoms with Crippen LogP contribution in [-0.2, 0) is 4.79 Å². The molecule has 2 amide bonds. The number of hydrogen-bond donors (Lipinski definition) is 2. The molecule has 0 heterocycles. The van der Waals surface area contributed by atoms with Crippen LogP contribution in [0.4, 0.5) is 4.79 Å². The second-order valence-corrected chi connectivity index (χ2v) is 4.36. The molecule has 6 heteroatoms. The lowest BCUT2D eigenvalue weighted by Crippen LogP contribution is -2.48. The summed E-state index contributed by atoms with van der Waals surface area (Å²) in [5, 5.41) is 18.2. The molecule has 0 aromatic carbocycles. The number of rotatable bonds is 5. The van der Waals surface area contributed by atoms with Crippen molar-refractivity contribution >= 4 is 12.0 Å². The minimum absolute atomic E-state index is 0.155. The normalized spacial score (nSPS) is 11.1. The first-order valence-electron chi connectivity index (χ1n) is 5.11. The summed E-state index contributed by atoms with van der Waals surface area (Å²) in [4.78, 5) is 24.8. The van der Waals surface area contributed by atoms with Gasteiger partial charge in [-0.2, -0.15) is 0 Å². The zero-order valence-electron chi connectivity index (χ0n) is 10.2. The number of carboxylic acids is 1. The summed E-state index contributed by atoms with van der Waals surface area (Å²) in [6.07, 6.45) is 0. The first-order valence-corrected chi connectivity index (χ1v) is 5.11. The van der Waals surface area contributed by atoms with Crippen LogP contribution in [0, 0.1) is 0 Å². The highest BCUT2D eigenvalue weighted by Crippen LogP contribution is 2.05. The smallest absolute Gasteiger partial charge is 0.323 e. The fourth-order valence-corrected chi connectivity index (χ4v) is 1.37. The van der Waals surface area contributed by atoms with Crippen molar-refractivity contribution in [3.63, 3.8) is 0 Å². The van der Waals surface area contributed by atoms with Gasteiger partial charge in [0.05, 0.1) is 12.1 Å². The Morgan fingerprint density at radius 1 is 1.31 bits per heavy atom. The van der Waals surface area contributed by atoms with E-state index in [0.717, 1.165) is 0 Å². The minimum atomic E-state index is -1.05. The number of carboxylic acid groups (broad SMARTS) is 1. The monoisotopic (exact) mass is 232 g/mol. The number of likely N-dealkylation sites (N-methyl/N-ethyl adjacent to an activating group) is 2. The van der Waals surface area contributed by atoms with Crippen LogP contribution >= 0.6 is 0 Å². The molecule has 0 aliphatic heterocycles. The van der Waals surface area contributed by atoms with Gasteiger partial charge >= 0.3 is 12.0 Å². The van der Waals surface area contributed by atoms with Crippen molar-refractivity contribution < 1.29 is 19.8 Å². The molecule has 0 saturated heterocycles. The highest BCUT2D eigenvalue weighted by atomic mass is 16.4. The molecule has 0 aliphatic carbocycles. The molecule has 16 heavy (non-hydrogen) atoms. The van der Waals surface area contributed by atoms with Gasteiger partial charge in [-0.1, -0.05) is 0 Å². The Hall–Kier alpha value is -1.30. The first-order chi connectivity index (χ1) is 7.17. The third-order valence-electron chi connectivity index (χ3n) is 1.93. The Morgan fingerprint density at radius 3 is 2.12 bits per heavy atom. The molecular formula is C10H20N2O4. The SMILES string of the molecule is CCN(CC(=O)O)C(=O)N(C)CC(C)(C)O. The molecule has 0 atom stereocenters. The molecule has 0 aromatic rings. The number of carbonyl (C=O) groups is 2. The van der Waals surface area contributed by atoms with Crippen molar-refractivity contribution in [2.45, 2.75) is 26.4 Å². The van der Waals surface area contributed by atoms with E-state index in [-0.39, 0.29) is 13.1 Å². The zero-order chi connectivity index (χ0) is 12.9. The highest BCUT2D eigenvalue weighted by molar-refractivity contribution is 5.80. The molecule has 0 radical (unpaired) electrons. The van der Waals surface area contributed by atoms with E-state index in [9.17, 15) is 14.7 Å². The van der Waals surface area contributed by atoms with Crippen molar-refractivity contribution in [3.8, 4) is 0 Å². The van der Waals surface area contributed by atoms with Gasteiger partial charge in [-0.05, 0) is 20.8 Å². The molecule has 94 valence electrons. The van der Waals surface area contributed by atoms with Gasteiger partial charge < -0.3 is 20.0 Å². The average molecular weight is 232 g/mol. The summed E-state index contributed by atoms with van der Waals surface area (Å²) in [7, 11) is 1.53. The minimum Gasteiger partial charge on any atom is -0.480 e. The third-order valence-corrected chi connectivity index (χ3v) is 1.93. The summed E-state index contributed by atoms with van der Waals surface area (Å²) < 4.78 is 0. The van der Waals surface area contributed by atoms with Crippen LogP contribution in [0.1, 0.15) is 20.8 Å². The lowest BCUT2D eigenvalue weighted by molar-refractivity contribution is -0.137. The van der Waals surface area contributed by atoms with Crippen LogP contribution in [0.15, 0.2) is 0 Å². The largest absolute Gasteiger partial charge is 0.480 e. The standard InChI is InChI=1S/C10H20N2O4/c1-5-12(6-8(13)14)9(15)11(4)7-10(2,3)16/h16H,5-7H2,1-4H3,(H,13,14). The van der Waals surface area contributed by atoms with Gasteiger partial charge in [0, 0.05) is 13.6 Å². The Balaban J connectivity index is 4.44. The summed E-state index contributed by atoms with van der Waals surface area (Å²) >= 11 is 0. The van der Waals surface area contributed by atoms with Crippen LogP contribution in [0.25, 0.3) is 0 Å². The van der Waals surface area contributed by atoms with Crippen molar-refractivity contribution in [2.24, 2.45) is 0 Å². The summed E-state index contributed by atoms with van der Waals surface area (Å²) in [5.74, 6) is -1.05. The number of aliphatic carboxylic acids is 1. The van der Waals surface area contributed by atoms with Gasteiger partial charge in [0.25, 0.3) is 0 Å². The van der Waals surface area contributed by atoms with Gasteiger partial charge in [0.2, 0.25) is 0 Å². The van der Waals surface area contributed by atoms with Gasteiger partial charge in [-0.3, -0.25) is 4.79 Å². The molecule has 0 saturated carbocycles. The van der Waals surface area contributed by atoms with Crippen LogP contribution in [0.2, 0.25) is 0 Å². The predicted molar refractivity (Wildman–Crippen MR) is 59.2 cm³/mol. The van der Waals surface area contributed by atoms with E-state index in [1.165, 1.54) is 16.8 Å². The maximum absolute atomic E-state index is 11.8. The lowest BCUT2D eigenvalue weighted by atomic mass is 10.1. The first kappa shape index (κ1) is 14.7. The maximum Gasteiger partial charge on any atom is 0.323 e. The number of hydrogen-bond acceptors (Lipinski definition) is 3. The van der Waals surface area contributed by atoms with E-state index < -0.39 is 17.6 Å². The summed E-state index contributed by atoms with van der Waals surface area (Å²) in [5.41, 5.74) is -0.993. The average Bonchev–Trinajstić information content (AvgIpc) is 2.09. The topological polar surface area (TPSA) is 81.1 Å². The molecule has 0 bridgehead atoms. The molecule has 0 spiro atoms.